The number of rotatable bonds is 8. The molecule has 1 aliphatic rings. The van der Waals surface area contributed by atoms with Gasteiger partial charge < -0.3 is 20.1 Å². The molecule has 212 valence electrons. The highest BCUT2D eigenvalue weighted by Crippen LogP contribution is 2.31. The molecule has 39 heavy (non-hydrogen) atoms. The Labute approximate surface area is 231 Å². The van der Waals surface area contributed by atoms with Gasteiger partial charge in [0.2, 0.25) is 0 Å². The van der Waals surface area contributed by atoms with Crippen molar-refractivity contribution in [3.8, 4) is 16.9 Å². The summed E-state index contributed by atoms with van der Waals surface area (Å²) in [6.07, 6.45) is 2.32. The lowest BCUT2D eigenvalue weighted by Gasteiger charge is -2.29. The van der Waals surface area contributed by atoms with E-state index in [4.69, 9.17) is 15.5 Å². The van der Waals surface area contributed by atoms with Crippen molar-refractivity contribution in [3.63, 3.8) is 0 Å². The monoisotopic (exact) mass is 537 g/mol. The number of ether oxygens (including phenoxy) is 1. The van der Waals surface area contributed by atoms with Crippen LogP contribution in [0, 0.1) is 12.3 Å². The number of esters is 1. The van der Waals surface area contributed by atoms with Crippen LogP contribution in [0.25, 0.3) is 22.2 Å². The van der Waals surface area contributed by atoms with Crippen LogP contribution in [-0.2, 0) is 27.3 Å². The van der Waals surface area contributed by atoms with Gasteiger partial charge in [-0.3, -0.25) is 14.6 Å². The second-order valence-electron chi connectivity index (χ2n) is 10.7. The van der Waals surface area contributed by atoms with E-state index in [1.807, 2.05) is 39.0 Å². The molecule has 1 fully saturated rings. The van der Waals surface area contributed by atoms with Crippen molar-refractivity contribution in [1.29, 1.82) is 0 Å². The molecule has 1 saturated heterocycles. The number of hydrogen-bond donors (Lipinski definition) is 3. The largest absolute Gasteiger partial charge is 0.508 e. The van der Waals surface area contributed by atoms with Gasteiger partial charge in [0.25, 0.3) is 5.91 Å². The lowest BCUT2D eigenvalue weighted by Crippen LogP contribution is -2.53. The molecule has 1 atom stereocenters. The molecule has 0 saturated carbocycles. The zero-order valence-electron chi connectivity index (χ0n) is 24.1. The third kappa shape index (κ3) is 7.80. The number of phenolic OH excluding ortho intramolecular Hbond substituents is 1. The van der Waals surface area contributed by atoms with Crippen molar-refractivity contribution in [3.05, 3.63) is 47.8 Å². The van der Waals surface area contributed by atoms with Gasteiger partial charge in [-0.2, -0.15) is 0 Å². The van der Waals surface area contributed by atoms with Crippen LogP contribution in [0.1, 0.15) is 58.8 Å². The Hall–Kier alpha value is -3.43. The highest BCUT2D eigenvalue weighted by molar-refractivity contribution is 5.84. The molecule has 4 N–H and O–H groups in total. The van der Waals surface area contributed by atoms with E-state index in [0.717, 1.165) is 52.9 Å². The number of phenols is 1. The van der Waals surface area contributed by atoms with Crippen molar-refractivity contribution in [2.24, 2.45) is 11.1 Å². The first-order valence-electron chi connectivity index (χ1n) is 13.8. The van der Waals surface area contributed by atoms with Crippen molar-refractivity contribution in [2.75, 3.05) is 19.7 Å². The van der Waals surface area contributed by atoms with Crippen LogP contribution < -0.4 is 11.2 Å². The van der Waals surface area contributed by atoms with Gasteiger partial charge in [0.05, 0.1) is 23.7 Å². The van der Waals surface area contributed by atoms with E-state index in [2.05, 4.69) is 29.9 Å². The predicted octanol–water partition coefficient (Wildman–Crippen LogP) is 4.33. The van der Waals surface area contributed by atoms with Gasteiger partial charge >= 0.3 is 5.97 Å². The topological polar surface area (TPSA) is 123 Å². The summed E-state index contributed by atoms with van der Waals surface area (Å²) < 4.78 is 7.40. The Morgan fingerprint density at radius 1 is 1.15 bits per heavy atom. The number of aromatic nitrogens is 2. The minimum atomic E-state index is -0.703. The Bertz CT molecular complexity index is 1290. The SMILES string of the molecule is CC.CC(=O)OCC(C)(C)Cn1c(C)nc2ccc(-c3cc(O)cc(CC(N)C(=O)N4CCCCN4)c3)cc21. The highest BCUT2D eigenvalue weighted by atomic mass is 16.5. The molecule has 1 amide bonds. The maximum Gasteiger partial charge on any atom is 0.302 e. The van der Waals surface area contributed by atoms with Gasteiger partial charge in [-0.05, 0) is 67.1 Å². The maximum absolute atomic E-state index is 12.8. The summed E-state index contributed by atoms with van der Waals surface area (Å²) in [5.41, 5.74) is 13.4. The first-order chi connectivity index (χ1) is 18.5. The van der Waals surface area contributed by atoms with Crippen LogP contribution in [0.5, 0.6) is 5.75 Å². The molecular weight excluding hydrogens is 494 g/mol. The summed E-state index contributed by atoms with van der Waals surface area (Å²) in [7, 11) is 0. The maximum atomic E-state index is 12.8. The summed E-state index contributed by atoms with van der Waals surface area (Å²) in [6, 6.07) is 10.6. The third-order valence-electron chi connectivity index (χ3n) is 6.65. The number of aromatic hydroxyl groups is 1. The zero-order chi connectivity index (χ0) is 28.7. The van der Waals surface area contributed by atoms with Gasteiger partial charge in [0.1, 0.15) is 11.6 Å². The minimum absolute atomic E-state index is 0.121. The normalized spacial score (nSPS) is 14.5. The molecule has 0 aliphatic carbocycles. The average Bonchev–Trinajstić information content (AvgIpc) is 3.21. The van der Waals surface area contributed by atoms with Crippen LogP contribution in [-0.4, -0.2) is 57.3 Å². The van der Waals surface area contributed by atoms with Crippen molar-refractivity contribution >= 4 is 22.9 Å². The van der Waals surface area contributed by atoms with Gasteiger partial charge in [-0.1, -0.05) is 39.8 Å². The molecule has 3 aromatic rings. The molecule has 1 unspecified atom stereocenters. The number of aryl methyl sites for hydroxylation is 1. The number of fused-ring (bicyclic) bond motifs is 1. The van der Waals surface area contributed by atoms with Crippen molar-refractivity contribution < 1.29 is 19.4 Å². The second kappa shape index (κ2) is 13.1. The number of imidazole rings is 1. The molecule has 9 nitrogen and oxygen atoms in total. The number of nitrogens with two attached hydrogens (primary N) is 1. The van der Waals surface area contributed by atoms with E-state index >= 15 is 0 Å². The predicted molar refractivity (Wildman–Crippen MR) is 154 cm³/mol. The first kappa shape index (κ1) is 30.1. The minimum Gasteiger partial charge on any atom is -0.508 e. The molecule has 1 aliphatic heterocycles. The fourth-order valence-electron chi connectivity index (χ4n) is 4.77. The summed E-state index contributed by atoms with van der Waals surface area (Å²) in [6.45, 7) is 13.8. The van der Waals surface area contributed by atoms with E-state index in [9.17, 15) is 14.7 Å². The van der Waals surface area contributed by atoms with Gasteiger partial charge in [-0.15, -0.1) is 0 Å². The molecule has 4 rings (SSSR count). The standard InChI is InChI=1S/C28H37N5O4.C2H6/c1-18-31-25-8-7-21(15-26(25)32(18)16-28(3,4)17-37-19(2)34)22-11-20(12-23(35)14-22)13-24(29)27(36)33-10-6-5-9-30-33;1-2/h7-8,11-12,14-15,24,30,35H,5-6,9-10,13,16-17,29H2,1-4H3;1-2H3. The molecule has 2 heterocycles. The van der Waals surface area contributed by atoms with E-state index in [1.54, 1.807) is 17.1 Å². The quantitative estimate of drug-likeness (QED) is 0.366. The lowest BCUT2D eigenvalue weighted by atomic mass is 9.94. The summed E-state index contributed by atoms with van der Waals surface area (Å²) in [4.78, 5) is 28.8. The fourth-order valence-corrected chi connectivity index (χ4v) is 4.77. The van der Waals surface area contributed by atoms with E-state index in [-0.39, 0.29) is 23.0 Å². The fraction of sp³-hybridized carbons (Fsp3) is 0.500. The highest BCUT2D eigenvalue weighted by Gasteiger charge is 2.24. The lowest BCUT2D eigenvalue weighted by molar-refractivity contribution is -0.144. The van der Waals surface area contributed by atoms with Gasteiger partial charge in [0.15, 0.2) is 0 Å². The second-order valence-corrected chi connectivity index (χ2v) is 10.7. The average molecular weight is 538 g/mol. The van der Waals surface area contributed by atoms with Gasteiger partial charge in [-0.25, -0.2) is 10.4 Å². The summed E-state index contributed by atoms with van der Waals surface area (Å²) in [5, 5.41) is 12.1. The third-order valence-corrected chi connectivity index (χ3v) is 6.65. The molecule has 0 radical (unpaired) electrons. The van der Waals surface area contributed by atoms with Gasteiger partial charge in [0, 0.05) is 32.0 Å². The molecule has 1 aromatic heterocycles. The van der Waals surface area contributed by atoms with E-state index < -0.39 is 6.04 Å². The van der Waals surface area contributed by atoms with Crippen molar-refractivity contribution in [2.45, 2.75) is 73.4 Å². The summed E-state index contributed by atoms with van der Waals surface area (Å²) in [5.74, 6) is 0.559. The van der Waals surface area contributed by atoms with Crippen LogP contribution in [0.2, 0.25) is 0 Å². The van der Waals surface area contributed by atoms with E-state index in [1.165, 1.54) is 6.92 Å². The Kier molecular flexibility index (Phi) is 10.1. The Morgan fingerprint density at radius 3 is 2.56 bits per heavy atom. The van der Waals surface area contributed by atoms with Crippen LogP contribution >= 0.6 is 0 Å². The number of carbonyl (C=O) groups excluding carboxylic acids is 2. The number of benzene rings is 2. The molecule has 2 aromatic carbocycles. The number of hydrazine groups is 1. The summed E-state index contributed by atoms with van der Waals surface area (Å²) >= 11 is 0. The number of hydrogen-bond acceptors (Lipinski definition) is 7. The van der Waals surface area contributed by atoms with Crippen molar-refractivity contribution in [1.82, 2.24) is 20.0 Å². The van der Waals surface area contributed by atoms with Crippen LogP contribution in [0.4, 0.5) is 0 Å². The first-order valence-corrected chi connectivity index (χ1v) is 13.8. The molecule has 0 bridgehead atoms. The number of amides is 1. The number of nitrogens with zero attached hydrogens (tertiary/aromatic N) is 3. The Morgan fingerprint density at radius 2 is 1.90 bits per heavy atom. The van der Waals surface area contributed by atoms with E-state index in [0.29, 0.717) is 26.1 Å². The Balaban J connectivity index is 0.00000205. The zero-order valence-corrected chi connectivity index (χ0v) is 24.1. The smallest absolute Gasteiger partial charge is 0.302 e. The number of carbonyl (C=O) groups is 2. The molecule has 9 heteroatoms. The van der Waals surface area contributed by atoms with Crippen LogP contribution in [0.3, 0.4) is 0 Å². The number of nitrogens with one attached hydrogen (secondary N) is 1. The molecular formula is C30H43N5O4. The van der Waals surface area contributed by atoms with Crippen LogP contribution in [0.15, 0.2) is 36.4 Å². The molecule has 0 spiro atoms.